The number of carboxylic acids is 1. The second-order valence-corrected chi connectivity index (χ2v) is 4.98. The first-order chi connectivity index (χ1) is 7.70. The number of carbonyl (C=O) groups excluding carboxylic acids is 1. The van der Waals surface area contributed by atoms with Crippen molar-refractivity contribution in [2.75, 3.05) is 18.1 Å². The molecular weight excluding hydrogens is 250 g/mol. The van der Waals surface area contributed by atoms with Crippen LogP contribution in [-0.4, -0.2) is 55.6 Å². The van der Waals surface area contributed by atoms with Crippen LogP contribution < -0.4 is 0 Å². The molecule has 1 saturated heterocycles. The number of carboxylic acid groups (broad SMARTS) is 1. The van der Waals surface area contributed by atoms with Gasteiger partial charge in [-0.15, -0.1) is 5.10 Å². The number of aliphatic carboxylic acids is 1. The van der Waals surface area contributed by atoms with Crippen molar-refractivity contribution in [3.05, 3.63) is 11.1 Å². The number of aromatic nitrogens is 2. The van der Waals surface area contributed by atoms with Crippen molar-refractivity contribution in [2.45, 2.75) is 6.04 Å². The fraction of sp³-hybridized carbons (Fsp3) is 0.500. The maximum Gasteiger partial charge on any atom is 0.327 e. The molecule has 1 amide bonds. The highest BCUT2D eigenvalue weighted by Gasteiger charge is 2.33. The Labute approximate surface area is 99.8 Å². The van der Waals surface area contributed by atoms with E-state index in [0.717, 1.165) is 17.3 Å². The monoisotopic (exact) mass is 259 g/mol. The van der Waals surface area contributed by atoms with Gasteiger partial charge >= 0.3 is 5.97 Å². The summed E-state index contributed by atoms with van der Waals surface area (Å²) in [6, 6.07) is -0.757. The molecule has 0 aliphatic carbocycles. The number of nitrogens with zero attached hydrogens (tertiary/aromatic N) is 3. The molecule has 1 aromatic rings. The van der Waals surface area contributed by atoms with E-state index < -0.39 is 12.0 Å². The fourth-order valence-electron chi connectivity index (χ4n) is 1.46. The first-order valence-corrected chi connectivity index (χ1v) is 6.58. The van der Waals surface area contributed by atoms with Crippen molar-refractivity contribution in [1.29, 1.82) is 0 Å². The second kappa shape index (κ2) is 4.79. The average Bonchev–Trinajstić information content (AvgIpc) is 2.81. The molecular formula is C8H9N3O3S2. The zero-order valence-corrected chi connectivity index (χ0v) is 9.83. The minimum Gasteiger partial charge on any atom is -0.480 e. The van der Waals surface area contributed by atoms with Crippen LogP contribution in [-0.2, 0) is 4.79 Å². The molecule has 1 aliphatic rings. The van der Waals surface area contributed by atoms with E-state index in [0.29, 0.717) is 12.3 Å². The topological polar surface area (TPSA) is 83.4 Å². The Morgan fingerprint density at radius 2 is 2.38 bits per heavy atom. The van der Waals surface area contributed by atoms with Crippen molar-refractivity contribution in [3.63, 3.8) is 0 Å². The molecule has 1 aliphatic heterocycles. The zero-order chi connectivity index (χ0) is 11.5. The van der Waals surface area contributed by atoms with Gasteiger partial charge in [0.1, 0.15) is 6.04 Å². The first kappa shape index (κ1) is 11.3. The summed E-state index contributed by atoms with van der Waals surface area (Å²) >= 11 is 2.62. The molecule has 2 rings (SSSR count). The third-order valence-corrected chi connectivity index (χ3v) is 3.78. The van der Waals surface area contributed by atoms with Gasteiger partial charge in [0.15, 0.2) is 5.69 Å². The number of amides is 1. The van der Waals surface area contributed by atoms with E-state index in [-0.39, 0.29) is 11.6 Å². The zero-order valence-electron chi connectivity index (χ0n) is 8.20. The lowest BCUT2D eigenvalue weighted by Crippen LogP contribution is -2.50. The van der Waals surface area contributed by atoms with Gasteiger partial charge in [0, 0.05) is 23.4 Å². The van der Waals surface area contributed by atoms with E-state index in [4.69, 9.17) is 5.11 Å². The minimum atomic E-state index is -0.969. The Morgan fingerprint density at radius 3 is 3.00 bits per heavy atom. The quantitative estimate of drug-likeness (QED) is 0.815. The number of carbonyl (C=O) groups is 2. The normalized spacial score (nSPS) is 20.8. The third-order valence-electron chi connectivity index (χ3n) is 2.25. The second-order valence-electron chi connectivity index (χ2n) is 3.22. The Bertz CT molecular complexity index is 395. The number of rotatable bonds is 2. The van der Waals surface area contributed by atoms with Gasteiger partial charge in [-0.1, -0.05) is 4.49 Å². The van der Waals surface area contributed by atoms with Crippen LogP contribution in [0.4, 0.5) is 0 Å². The highest BCUT2D eigenvalue weighted by atomic mass is 32.2. The van der Waals surface area contributed by atoms with E-state index in [1.807, 2.05) is 0 Å². The summed E-state index contributed by atoms with van der Waals surface area (Å²) in [4.78, 5) is 24.3. The van der Waals surface area contributed by atoms with Crippen molar-refractivity contribution in [1.82, 2.24) is 14.5 Å². The predicted molar refractivity (Wildman–Crippen MR) is 59.7 cm³/mol. The highest BCUT2D eigenvalue weighted by Crippen LogP contribution is 2.18. The van der Waals surface area contributed by atoms with Gasteiger partial charge in [-0.2, -0.15) is 11.8 Å². The summed E-state index contributed by atoms with van der Waals surface area (Å²) in [5.41, 5.74) is 0.225. The minimum absolute atomic E-state index is 0.225. The molecule has 0 aromatic carbocycles. The van der Waals surface area contributed by atoms with Crippen LogP contribution in [0.3, 0.4) is 0 Å². The molecule has 0 bridgehead atoms. The maximum atomic E-state index is 11.9. The standard InChI is InChI=1S/C8H9N3O3S2/c12-7(5-3-16-10-9-5)11-1-2-15-4-6(11)8(13)14/h3,6H,1-2,4H2,(H,13,14). The van der Waals surface area contributed by atoms with E-state index in [9.17, 15) is 9.59 Å². The Hall–Kier alpha value is -1.15. The van der Waals surface area contributed by atoms with Gasteiger partial charge in [-0.3, -0.25) is 4.79 Å². The molecule has 2 heterocycles. The van der Waals surface area contributed by atoms with Crippen molar-refractivity contribution >= 4 is 35.2 Å². The van der Waals surface area contributed by atoms with Gasteiger partial charge in [-0.25, -0.2) is 4.79 Å². The smallest absolute Gasteiger partial charge is 0.327 e. The van der Waals surface area contributed by atoms with Gasteiger partial charge in [0.25, 0.3) is 5.91 Å². The van der Waals surface area contributed by atoms with Crippen LogP contribution in [0.15, 0.2) is 5.38 Å². The molecule has 1 fully saturated rings. The summed E-state index contributed by atoms with van der Waals surface area (Å²) < 4.78 is 3.60. The lowest BCUT2D eigenvalue weighted by atomic mass is 10.2. The van der Waals surface area contributed by atoms with Gasteiger partial charge in [-0.05, 0) is 11.5 Å². The molecule has 0 saturated carbocycles. The Morgan fingerprint density at radius 1 is 1.56 bits per heavy atom. The number of thioether (sulfide) groups is 1. The number of hydrogen-bond acceptors (Lipinski definition) is 6. The molecule has 86 valence electrons. The largest absolute Gasteiger partial charge is 0.480 e. The van der Waals surface area contributed by atoms with Gasteiger partial charge < -0.3 is 10.0 Å². The Kier molecular flexibility index (Phi) is 3.39. The summed E-state index contributed by atoms with van der Waals surface area (Å²) in [7, 11) is 0. The molecule has 1 unspecified atom stereocenters. The first-order valence-electron chi connectivity index (χ1n) is 4.58. The van der Waals surface area contributed by atoms with Crippen LogP contribution in [0.2, 0.25) is 0 Å². The molecule has 0 spiro atoms. The van der Waals surface area contributed by atoms with Crippen LogP contribution in [0, 0.1) is 0 Å². The predicted octanol–water partition coefficient (Wildman–Crippen LogP) is 0.180. The van der Waals surface area contributed by atoms with Crippen molar-refractivity contribution in [2.24, 2.45) is 0 Å². The van der Waals surface area contributed by atoms with E-state index in [2.05, 4.69) is 9.59 Å². The molecule has 1 atom stereocenters. The van der Waals surface area contributed by atoms with E-state index >= 15 is 0 Å². The Balaban J connectivity index is 2.17. The SMILES string of the molecule is O=C(O)C1CSCCN1C(=O)c1csnn1. The summed E-state index contributed by atoms with van der Waals surface area (Å²) in [6.07, 6.45) is 0. The molecule has 6 nitrogen and oxygen atoms in total. The van der Waals surface area contributed by atoms with E-state index in [1.54, 1.807) is 11.8 Å². The van der Waals surface area contributed by atoms with Gasteiger partial charge in [0.05, 0.1) is 0 Å². The van der Waals surface area contributed by atoms with Gasteiger partial charge in [0.2, 0.25) is 0 Å². The summed E-state index contributed by atoms with van der Waals surface area (Å²) in [5, 5.41) is 14.2. The lowest BCUT2D eigenvalue weighted by Gasteiger charge is -2.31. The lowest BCUT2D eigenvalue weighted by molar-refractivity contribution is -0.141. The van der Waals surface area contributed by atoms with Crippen molar-refractivity contribution < 1.29 is 14.7 Å². The van der Waals surface area contributed by atoms with Crippen molar-refractivity contribution in [3.8, 4) is 0 Å². The van der Waals surface area contributed by atoms with E-state index in [1.165, 1.54) is 10.3 Å². The molecule has 8 heteroatoms. The average molecular weight is 259 g/mol. The molecule has 16 heavy (non-hydrogen) atoms. The fourth-order valence-corrected chi connectivity index (χ4v) is 2.92. The van der Waals surface area contributed by atoms with Crippen LogP contribution in [0.1, 0.15) is 10.5 Å². The number of hydrogen-bond donors (Lipinski definition) is 1. The summed E-state index contributed by atoms with van der Waals surface area (Å²) in [6.45, 7) is 0.442. The van der Waals surface area contributed by atoms with Crippen LogP contribution in [0.5, 0.6) is 0 Å². The highest BCUT2D eigenvalue weighted by molar-refractivity contribution is 7.99. The third kappa shape index (κ3) is 2.17. The molecule has 1 aromatic heterocycles. The maximum absolute atomic E-state index is 11.9. The van der Waals surface area contributed by atoms with Crippen LogP contribution >= 0.6 is 23.3 Å². The molecule has 0 radical (unpaired) electrons. The summed E-state index contributed by atoms with van der Waals surface area (Å²) in [5.74, 6) is -0.128. The molecule has 1 N–H and O–H groups in total. The van der Waals surface area contributed by atoms with Crippen LogP contribution in [0.25, 0.3) is 0 Å².